The minimum Gasteiger partial charge on any atom is -0.441 e. The van der Waals surface area contributed by atoms with Crippen LogP contribution in [0.25, 0.3) is 11.3 Å². The molecule has 3 rings (SSSR count). The molecule has 0 spiro atoms. The molecule has 2 aromatic rings. The van der Waals surface area contributed by atoms with Crippen molar-refractivity contribution in [2.24, 2.45) is 0 Å². The molecule has 0 atom stereocenters. The maximum absolute atomic E-state index is 13.6. The molecule has 2 heterocycles. The topological polar surface area (TPSA) is 46.3 Å². The van der Waals surface area contributed by atoms with Gasteiger partial charge in [-0.2, -0.15) is 0 Å². The van der Waals surface area contributed by atoms with Gasteiger partial charge >= 0.3 is 0 Å². The molecule has 1 fully saturated rings. The summed E-state index contributed by atoms with van der Waals surface area (Å²) < 4.78 is 31.9. The van der Waals surface area contributed by atoms with Crippen LogP contribution in [0.15, 0.2) is 28.8 Å². The monoisotopic (exact) mass is 292 g/mol. The number of amides is 1. The van der Waals surface area contributed by atoms with Gasteiger partial charge in [-0.15, -0.1) is 0 Å². The van der Waals surface area contributed by atoms with E-state index in [9.17, 15) is 13.6 Å². The Morgan fingerprint density at radius 1 is 1.33 bits per heavy atom. The number of carbonyl (C=O) groups is 1. The number of aromatic nitrogens is 1. The Morgan fingerprint density at radius 2 is 2.14 bits per heavy atom. The lowest BCUT2D eigenvalue weighted by molar-refractivity contribution is -0.134. The second-order valence-corrected chi connectivity index (χ2v) is 4.98. The van der Waals surface area contributed by atoms with Gasteiger partial charge < -0.3 is 9.32 Å². The Morgan fingerprint density at radius 3 is 2.81 bits per heavy atom. The highest BCUT2D eigenvalue weighted by atomic mass is 19.1. The molecule has 110 valence electrons. The molecule has 0 N–H and O–H groups in total. The van der Waals surface area contributed by atoms with Crippen molar-refractivity contribution in [1.29, 1.82) is 0 Å². The fourth-order valence-corrected chi connectivity index (χ4v) is 2.18. The SMILES string of the molecule is O=C(CCc1ncc(-c2ccc(F)cc2F)o1)N1CCC1. The van der Waals surface area contributed by atoms with E-state index in [0.29, 0.717) is 18.7 Å². The van der Waals surface area contributed by atoms with Crippen LogP contribution in [0, 0.1) is 11.6 Å². The molecule has 0 aliphatic carbocycles. The van der Waals surface area contributed by atoms with Gasteiger partial charge in [-0.3, -0.25) is 4.79 Å². The highest BCUT2D eigenvalue weighted by molar-refractivity contribution is 5.77. The van der Waals surface area contributed by atoms with Crippen molar-refractivity contribution in [2.45, 2.75) is 19.3 Å². The van der Waals surface area contributed by atoms with Gasteiger partial charge in [-0.25, -0.2) is 13.8 Å². The number of hydrogen-bond acceptors (Lipinski definition) is 3. The Kier molecular flexibility index (Phi) is 3.68. The lowest BCUT2D eigenvalue weighted by atomic mass is 10.2. The summed E-state index contributed by atoms with van der Waals surface area (Å²) in [5.74, 6) is -0.652. The number of hydrogen-bond donors (Lipinski definition) is 0. The minimum absolute atomic E-state index is 0.0777. The number of nitrogens with zero attached hydrogens (tertiary/aromatic N) is 2. The Hall–Kier alpha value is -2.24. The fourth-order valence-electron chi connectivity index (χ4n) is 2.18. The van der Waals surface area contributed by atoms with Gasteiger partial charge in [-0.05, 0) is 18.6 Å². The van der Waals surface area contributed by atoms with E-state index >= 15 is 0 Å². The molecule has 21 heavy (non-hydrogen) atoms. The van der Waals surface area contributed by atoms with Crippen LogP contribution in [-0.2, 0) is 11.2 Å². The highest BCUT2D eigenvalue weighted by Gasteiger charge is 2.20. The van der Waals surface area contributed by atoms with E-state index in [1.807, 2.05) is 0 Å². The third kappa shape index (κ3) is 2.94. The molecule has 1 aromatic carbocycles. The normalized spacial score (nSPS) is 14.1. The van der Waals surface area contributed by atoms with E-state index in [-0.39, 0.29) is 17.2 Å². The van der Waals surface area contributed by atoms with E-state index in [4.69, 9.17) is 4.42 Å². The van der Waals surface area contributed by atoms with E-state index in [1.165, 1.54) is 12.3 Å². The van der Waals surface area contributed by atoms with Crippen molar-refractivity contribution in [3.05, 3.63) is 41.9 Å². The first-order valence-electron chi connectivity index (χ1n) is 6.81. The van der Waals surface area contributed by atoms with Gasteiger partial charge in [0.2, 0.25) is 5.91 Å². The summed E-state index contributed by atoms with van der Waals surface area (Å²) in [6.45, 7) is 1.63. The molecule has 0 bridgehead atoms. The number of likely N-dealkylation sites (tertiary alicyclic amines) is 1. The van der Waals surface area contributed by atoms with Crippen LogP contribution in [0.4, 0.5) is 8.78 Å². The van der Waals surface area contributed by atoms with E-state index in [0.717, 1.165) is 31.6 Å². The van der Waals surface area contributed by atoms with Gasteiger partial charge in [0.1, 0.15) is 11.6 Å². The summed E-state index contributed by atoms with van der Waals surface area (Å²) >= 11 is 0. The molecule has 0 saturated carbocycles. The van der Waals surface area contributed by atoms with E-state index in [1.54, 1.807) is 4.90 Å². The van der Waals surface area contributed by atoms with Gasteiger partial charge in [0, 0.05) is 32.0 Å². The lowest BCUT2D eigenvalue weighted by Gasteiger charge is -2.30. The number of halogens is 2. The minimum atomic E-state index is -0.700. The molecule has 4 nitrogen and oxygen atoms in total. The standard InChI is InChI=1S/C15H14F2N2O2/c16-10-2-3-11(12(17)8-10)13-9-18-14(21-13)4-5-15(20)19-6-1-7-19/h2-3,8-9H,1,4-7H2. The average molecular weight is 292 g/mol. The maximum Gasteiger partial charge on any atom is 0.223 e. The smallest absolute Gasteiger partial charge is 0.223 e. The van der Waals surface area contributed by atoms with Crippen LogP contribution in [0.1, 0.15) is 18.7 Å². The molecule has 1 amide bonds. The highest BCUT2D eigenvalue weighted by Crippen LogP contribution is 2.24. The lowest BCUT2D eigenvalue weighted by Crippen LogP contribution is -2.42. The second kappa shape index (κ2) is 5.63. The molecule has 1 aromatic heterocycles. The predicted molar refractivity (Wildman–Crippen MR) is 71.4 cm³/mol. The summed E-state index contributed by atoms with van der Waals surface area (Å²) in [4.78, 5) is 17.5. The number of rotatable bonds is 4. The first kappa shape index (κ1) is 13.7. The molecule has 1 aliphatic rings. The van der Waals surface area contributed by atoms with Crippen molar-refractivity contribution < 1.29 is 18.0 Å². The molecule has 1 saturated heterocycles. The molecular formula is C15H14F2N2O2. The van der Waals surface area contributed by atoms with Crippen LogP contribution >= 0.6 is 0 Å². The number of oxazole rings is 1. The number of benzene rings is 1. The maximum atomic E-state index is 13.6. The third-order valence-corrected chi connectivity index (χ3v) is 3.51. The summed E-state index contributed by atoms with van der Waals surface area (Å²) in [6, 6.07) is 3.26. The molecule has 6 heteroatoms. The van der Waals surface area contributed by atoms with Crippen LogP contribution in [0.2, 0.25) is 0 Å². The van der Waals surface area contributed by atoms with E-state index < -0.39 is 11.6 Å². The van der Waals surface area contributed by atoms with Crippen molar-refractivity contribution in [3.8, 4) is 11.3 Å². The van der Waals surface area contributed by atoms with Crippen LogP contribution in [-0.4, -0.2) is 28.9 Å². The first-order chi connectivity index (χ1) is 10.1. The van der Waals surface area contributed by atoms with E-state index in [2.05, 4.69) is 4.98 Å². The Bertz CT molecular complexity index is 665. The third-order valence-electron chi connectivity index (χ3n) is 3.51. The zero-order chi connectivity index (χ0) is 14.8. The molecule has 0 radical (unpaired) electrons. The van der Waals surface area contributed by atoms with Crippen molar-refractivity contribution >= 4 is 5.91 Å². The van der Waals surface area contributed by atoms with Crippen LogP contribution < -0.4 is 0 Å². The number of carbonyl (C=O) groups excluding carboxylic acids is 1. The Labute approximate surface area is 120 Å². The van der Waals surface area contributed by atoms with Gasteiger partial charge in [0.05, 0.1) is 11.8 Å². The van der Waals surface area contributed by atoms with Gasteiger partial charge in [-0.1, -0.05) is 0 Å². The summed E-state index contributed by atoms with van der Waals surface area (Å²) in [5.41, 5.74) is 0.157. The van der Waals surface area contributed by atoms with Crippen LogP contribution in [0.3, 0.4) is 0 Å². The summed E-state index contributed by atoms with van der Waals surface area (Å²) in [7, 11) is 0. The van der Waals surface area contributed by atoms with Crippen LogP contribution in [0.5, 0.6) is 0 Å². The first-order valence-corrected chi connectivity index (χ1v) is 6.81. The summed E-state index contributed by atoms with van der Waals surface area (Å²) in [6.07, 6.45) is 3.14. The predicted octanol–water partition coefficient (Wildman–Crippen LogP) is 2.78. The largest absolute Gasteiger partial charge is 0.441 e. The average Bonchev–Trinajstić information content (AvgIpc) is 2.83. The second-order valence-electron chi connectivity index (χ2n) is 4.98. The van der Waals surface area contributed by atoms with Gasteiger partial charge in [0.15, 0.2) is 11.7 Å². The Balaban J connectivity index is 1.66. The van der Waals surface area contributed by atoms with Crippen molar-refractivity contribution in [3.63, 3.8) is 0 Å². The van der Waals surface area contributed by atoms with Gasteiger partial charge in [0.25, 0.3) is 0 Å². The molecule has 1 aliphatic heterocycles. The zero-order valence-corrected chi connectivity index (χ0v) is 11.3. The zero-order valence-electron chi connectivity index (χ0n) is 11.3. The van der Waals surface area contributed by atoms with Crippen molar-refractivity contribution in [1.82, 2.24) is 9.88 Å². The fraction of sp³-hybridized carbons (Fsp3) is 0.333. The number of aryl methyl sites for hydroxylation is 1. The summed E-state index contributed by atoms with van der Waals surface area (Å²) in [5, 5.41) is 0. The molecule has 0 unspecified atom stereocenters. The quantitative estimate of drug-likeness (QED) is 0.870. The molecular weight excluding hydrogens is 278 g/mol. The van der Waals surface area contributed by atoms with Crippen molar-refractivity contribution in [2.75, 3.05) is 13.1 Å².